The van der Waals surface area contributed by atoms with Gasteiger partial charge in [0.1, 0.15) is 5.75 Å². The van der Waals surface area contributed by atoms with Crippen LogP contribution in [-0.2, 0) is 10.0 Å². The average Bonchev–Trinajstić information content (AvgIpc) is 2.82. The number of rotatable bonds is 9. The van der Waals surface area contributed by atoms with Crippen molar-refractivity contribution in [3.63, 3.8) is 0 Å². The molecule has 3 rings (SSSR count). The quantitative estimate of drug-likeness (QED) is 0.280. The van der Waals surface area contributed by atoms with Crippen LogP contribution in [0.15, 0.2) is 66.1 Å². The Morgan fingerprint density at radius 1 is 1.08 bits per heavy atom. The third kappa shape index (κ3) is 6.42. The van der Waals surface area contributed by atoms with Crippen LogP contribution in [0, 0.1) is 0 Å². The number of nitrogens with zero attached hydrogens (tertiary/aromatic N) is 3. The molecule has 1 aliphatic heterocycles. The highest BCUT2D eigenvalue weighted by molar-refractivity contribution is 7.89. The first-order chi connectivity index (χ1) is 17.6. The Labute approximate surface area is 232 Å². The highest BCUT2D eigenvalue weighted by Crippen LogP contribution is 2.40. The first-order valence-corrected chi connectivity index (χ1v) is 17.9. The lowest BCUT2D eigenvalue weighted by molar-refractivity contribution is 0.0300. The normalized spacial score (nSPS) is 20.9. The third-order valence-corrected chi connectivity index (χ3v) is 14.4. The summed E-state index contributed by atoms with van der Waals surface area (Å²) in [6, 6.07) is 16.0. The van der Waals surface area contributed by atoms with Gasteiger partial charge in [-0.15, -0.1) is 6.58 Å². The van der Waals surface area contributed by atoms with Crippen LogP contribution in [0.5, 0.6) is 5.75 Å². The summed E-state index contributed by atoms with van der Waals surface area (Å²) < 4.78 is 35.0. The van der Waals surface area contributed by atoms with Crippen molar-refractivity contribution in [2.75, 3.05) is 33.7 Å². The summed E-state index contributed by atoms with van der Waals surface area (Å²) in [5.74, 6) is 0.845. The summed E-state index contributed by atoms with van der Waals surface area (Å²) >= 11 is 0. The molecule has 2 aromatic carbocycles. The molecule has 0 N–H and O–H groups in total. The smallest absolute Gasteiger partial charge is 0.250 e. The molecule has 0 bridgehead atoms. The second-order valence-electron chi connectivity index (χ2n) is 12.3. The van der Waals surface area contributed by atoms with Crippen molar-refractivity contribution in [2.45, 2.75) is 75.8 Å². The average molecular weight is 558 g/mol. The van der Waals surface area contributed by atoms with Gasteiger partial charge in [0.25, 0.3) is 0 Å². The van der Waals surface area contributed by atoms with Crippen LogP contribution < -0.4 is 4.43 Å². The van der Waals surface area contributed by atoms with Crippen LogP contribution in [0.3, 0.4) is 0 Å². The van der Waals surface area contributed by atoms with Crippen molar-refractivity contribution in [2.24, 2.45) is 0 Å². The van der Waals surface area contributed by atoms with Gasteiger partial charge in [-0.3, -0.25) is 9.80 Å². The van der Waals surface area contributed by atoms with Gasteiger partial charge in [0.15, 0.2) is 0 Å². The molecular formula is C30H47N3O3SSi. The van der Waals surface area contributed by atoms with Crippen LogP contribution in [0.4, 0.5) is 0 Å². The Bertz CT molecular complexity index is 1220. The number of hydrogen-bond acceptors (Lipinski definition) is 5. The molecule has 0 saturated carbocycles. The Hall–Kier alpha value is -1.97. The Morgan fingerprint density at radius 3 is 2.34 bits per heavy atom. The van der Waals surface area contributed by atoms with E-state index in [1.54, 1.807) is 20.2 Å². The fourth-order valence-corrected chi connectivity index (χ4v) is 7.03. The molecule has 0 spiro atoms. The number of hydrogen-bond donors (Lipinski definition) is 0. The van der Waals surface area contributed by atoms with Gasteiger partial charge in [0.05, 0.1) is 10.9 Å². The van der Waals surface area contributed by atoms with E-state index in [-0.39, 0.29) is 17.1 Å². The van der Waals surface area contributed by atoms with Crippen LogP contribution >= 0.6 is 0 Å². The van der Waals surface area contributed by atoms with E-state index in [2.05, 4.69) is 76.2 Å². The lowest BCUT2D eigenvalue weighted by atomic mass is 9.93. The summed E-state index contributed by atoms with van der Waals surface area (Å²) in [7, 11) is -2.52. The molecular weight excluding hydrogens is 511 g/mol. The second-order valence-corrected chi connectivity index (χ2v) is 19.1. The molecule has 1 saturated heterocycles. The lowest BCUT2D eigenvalue weighted by Gasteiger charge is -2.47. The minimum absolute atomic E-state index is 0.0697. The highest BCUT2D eigenvalue weighted by Gasteiger charge is 2.40. The number of sulfonamides is 1. The fraction of sp³-hybridized carbons (Fsp3) is 0.533. The van der Waals surface area contributed by atoms with E-state index in [1.807, 2.05) is 36.4 Å². The summed E-state index contributed by atoms with van der Waals surface area (Å²) in [6.45, 7) is 22.1. The van der Waals surface area contributed by atoms with Crippen LogP contribution in [-0.4, -0.2) is 76.7 Å². The van der Waals surface area contributed by atoms with Crippen molar-refractivity contribution >= 4 is 18.3 Å². The van der Waals surface area contributed by atoms with Gasteiger partial charge in [-0.1, -0.05) is 57.2 Å². The molecule has 2 aromatic rings. The molecule has 6 nitrogen and oxygen atoms in total. The zero-order chi connectivity index (χ0) is 28.5. The lowest BCUT2D eigenvalue weighted by Crippen LogP contribution is -2.57. The van der Waals surface area contributed by atoms with Crippen molar-refractivity contribution in [1.29, 1.82) is 0 Å². The molecule has 0 aromatic heterocycles. The maximum atomic E-state index is 13.5. The molecule has 0 radical (unpaired) electrons. The first-order valence-electron chi connectivity index (χ1n) is 13.5. The monoisotopic (exact) mass is 557 g/mol. The van der Waals surface area contributed by atoms with Gasteiger partial charge in [0, 0.05) is 45.8 Å². The van der Waals surface area contributed by atoms with Gasteiger partial charge in [-0.2, -0.15) is 0 Å². The van der Waals surface area contributed by atoms with E-state index in [0.29, 0.717) is 10.9 Å². The molecule has 0 amide bonds. The van der Waals surface area contributed by atoms with Crippen molar-refractivity contribution in [3.05, 3.63) is 72.3 Å². The minimum Gasteiger partial charge on any atom is -0.543 e. The predicted octanol–water partition coefficient (Wildman–Crippen LogP) is 5.99. The second kappa shape index (κ2) is 11.6. The van der Waals surface area contributed by atoms with Crippen LogP contribution in [0.2, 0.25) is 18.1 Å². The van der Waals surface area contributed by atoms with E-state index in [0.717, 1.165) is 36.5 Å². The van der Waals surface area contributed by atoms with Gasteiger partial charge in [0.2, 0.25) is 18.3 Å². The zero-order valence-corrected chi connectivity index (χ0v) is 26.5. The van der Waals surface area contributed by atoms with Crippen LogP contribution in [0.25, 0.3) is 0 Å². The summed E-state index contributed by atoms with van der Waals surface area (Å²) in [6.07, 6.45) is 1.96. The third-order valence-electron chi connectivity index (χ3n) is 8.18. The molecule has 0 unspecified atom stereocenters. The highest BCUT2D eigenvalue weighted by atomic mass is 32.2. The molecule has 1 aliphatic rings. The SMILES string of the molecule is C=CCN1C[C@@H](C)N([C@H](c2cccc(O[Si](C)(C)C(C)(C)C)c2)c2ccccc2S(=O)(=O)N(C)C)C[C@@H]1C. The van der Waals surface area contributed by atoms with Gasteiger partial charge >= 0.3 is 0 Å². The van der Waals surface area contributed by atoms with Gasteiger partial charge < -0.3 is 4.43 Å². The van der Waals surface area contributed by atoms with E-state index in [9.17, 15) is 8.42 Å². The van der Waals surface area contributed by atoms with E-state index in [1.165, 1.54) is 4.31 Å². The molecule has 0 aliphatic carbocycles. The molecule has 38 heavy (non-hydrogen) atoms. The standard InChI is InChI=1S/C30H47N3O3SSi/c1-11-19-32-21-24(3)33(22-23(32)2)29(27-17-12-13-18-28(27)37(34,35)31(7)8)25-15-14-16-26(20-25)36-38(9,10)30(4,5)6/h11-18,20,23-24,29H,1,19,21-22H2,2-10H3/t23-,24+,29+/m0/s1. The summed E-state index contributed by atoms with van der Waals surface area (Å²) in [5.41, 5.74) is 1.83. The van der Waals surface area contributed by atoms with Crippen molar-refractivity contribution < 1.29 is 12.8 Å². The maximum Gasteiger partial charge on any atom is 0.250 e. The van der Waals surface area contributed by atoms with Gasteiger partial charge in [-0.05, 0) is 61.3 Å². The molecule has 3 atom stereocenters. The zero-order valence-electron chi connectivity index (χ0n) is 24.7. The van der Waals surface area contributed by atoms with E-state index in [4.69, 9.17) is 4.43 Å². The largest absolute Gasteiger partial charge is 0.543 e. The fourth-order valence-electron chi connectivity index (χ4n) is 4.89. The minimum atomic E-state index is -3.65. The topological polar surface area (TPSA) is 53.1 Å². The van der Waals surface area contributed by atoms with Crippen LogP contribution in [0.1, 0.15) is 51.8 Å². The maximum absolute atomic E-state index is 13.5. The molecule has 1 fully saturated rings. The Kier molecular flexibility index (Phi) is 9.36. The van der Waals surface area contributed by atoms with E-state index >= 15 is 0 Å². The Balaban J connectivity index is 2.18. The Morgan fingerprint density at radius 2 is 1.74 bits per heavy atom. The first kappa shape index (κ1) is 30.6. The molecule has 8 heteroatoms. The molecule has 210 valence electrons. The van der Waals surface area contributed by atoms with Crippen molar-refractivity contribution in [3.8, 4) is 5.75 Å². The number of benzene rings is 2. The van der Waals surface area contributed by atoms with E-state index < -0.39 is 18.3 Å². The molecule has 1 heterocycles. The number of piperazine rings is 1. The predicted molar refractivity (Wildman–Crippen MR) is 161 cm³/mol. The van der Waals surface area contributed by atoms with Gasteiger partial charge in [-0.25, -0.2) is 12.7 Å². The van der Waals surface area contributed by atoms with Crippen molar-refractivity contribution in [1.82, 2.24) is 14.1 Å². The summed E-state index contributed by atoms with van der Waals surface area (Å²) in [5, 5.41) is 0.0697. The summed E-state index contributed by atoms with van der Waals surface area (Å²) in [4.78, 5) is 5.24.